The van der Waals surface area contributed by atoms with Gasteiger partial charge in [0, 0.05) is 18.2 Å². The van der Waals surface area contributed by atoms with Gasteiger partial charge in [-0.1, -0.05) is 12.8 Å². The van der Waals surface area contributed by atoms with Crippen molar-refractivity contribution in [2.45, 2.75) is 44.8 Å². The van der Waals surface area contributed by atoms with Crippen LogP contribution < -0.4 is 14.8 Å². The molecule has 0 bridgehead atoms. The average Bonchev–Trinajstić information content (AvgIpc) is 3.06. The normalized spacial score (nSPS) is 18.5. The van der Waals surface area contributed by atoms with E-state index in [1.165, 1.54) is 25.7 Å². The summed E-state index contributed by atoms with van der Waals surface area (Å²) in [5, 5.41) is 13.9. The average molecular weight is 293 g/mol. The number of hydrogen-bond donors (Lipinski definition) is 2. The summed E-state index contributed by atoms with van der Waals surface area (Å²) in [6.45, 7) is 2.74. The molecule has 0 amide bonds. The molecule has 1 aromatic rings. The standard InChI is InChI=1S/C17H27NO3/c1-12(13-6-4-5-7-13)18-11-16(19)15-10-14(20-2)8-9-17(15)21-3/h8-10,12-13,16,18-19H,4-7,11H2,1-3H3. The van der Waals surface area contributed by atoms with Crippen molar-refractivity contribution in [3.8, 4) is 11.5 Å². The summed E-state index contributed by atoms with van der Waals surface area (Å²) in [6.07, 6.45) is 4.67. The summed E-state index contributed by atoms with van der Waals surface area (Å²) in [4.78, 5) is 0. The van der Waals surface area contributed by atoms with Crippen molar-refractivity contribution in [1.29, 1.82) is 0 Å². The van der Waals surface area contributed by atoms with E-state index in [2.05, 4.69) is 12.2 Å². The molecule has 21 heavy (non-hydrogen) atoms. The zero-order chi connectivity index (χ0) is 15.2. The van der Waals surface area contributed by atoms with Crippen molar-refractivity contribution in [3.63, 3.8) is 0 Å². The number of benzene rings is 1. The van der Waals surface area contributed by atoms with Gasteiger partial charge in [-0.25, -0.2) is 0 Å². The maximum atomic E-state index is 10.4. The minimum atomic E-state index is -0.598. The largest absolute Gasteiger partial charge is 0.497 e. The third kappa shape index (κ3) is 4.11. The minimum absolute atomic E-state index is 0.443. The van der Waals surface area contributed by atoms with E-state index >= 15 is 0 Å². The molecule has 1 aliphatic carbocycles. The Hall–Kier alpha value is -1.26. The van der Waals surface area contributed by atoms with Crippen LogP contribution in [0.4, 0.5) is 0 Å². The van der Waals surface area contributed by atoms with E-state index in [1.54, 1.807) is 14.2 Å². The number of aliphatic hydroxyl groups is 1. The zero-order valence-electron chi connectivity index (χ0n) is 13.3. The van der Waals surface area contributed by atoms with Crippen molar-refractivity contribution in [2.24, 2.45) is 5.92 Å². The molecule has 2 N–H and O–H groups in total. The number of nitrogens with one attached hydrogen (secondary N) is 1. The summed E-state index contributed by atoms with van der Waals surface area (Å²) >= 11 is 0. The first-order valence-corrected chi connectivity index (χ1v) is 7.79. The fraction of sp³-hybridized carbons (Fsp3) is 0.647. The molecule has 2 rings (SSSR count). The Morgan fingerprint density at radius 1 is 1.24 bits per heavy atom. The van der Waals surface area contributed by atoms with Crippen LogP contribution in [0.1, 0.15) is 44.3 Å². The molecule has 1 aromatic carbocycles. The second-order valence-corrected chi connectivity index (χ2v) is 5.87. The van der Waals surface area contributed by atoms with Crippen LogP contribution >= 0.6 is 0 Å². The Morgan fingerprint density at radius 2 is 1.95 bits per heavy atom. The first kappa shape index (κ1) is 16.1. The van der Waals surface area contributed by atoms with Gasteiger partial charge in [0.05, 0.1) is 20.3 Å². The second kappa shape index (κ2) is 7.66. The van der Waals surface area contributed by atoms with Gasteiger partial charge in [-0.3, -0.25) is 0 Å². The lowest BCUT2D eigenvalue weighted by Gasteiger charge is -2.23. The van der Waals surface area contributed by atoms with Crippen LogP contribution in [0.15, 0.2) is 18.2 Å². The van der Waals surface area contributed by atoms with E-state index in [9.17, 15) is 5.11 Å². The highest BCUT2D eigenvalue weighted by Gasteiger charge is 2.22. The van der Waals surface area contributed by atoms with Gasteiger partial charge in [0.1, 0.15) is 11.5 Å². The van der Waals surface area contributed by atoms with Crippen molar-refractivity contribution >= 4 is 0 Å². The molecule has 0 aromatic heterocycles. The van der Waals surface area contributed by atoms with Crippen molar-refractivity contribution in [1.82, 2.24) is 5.32 Å². The minimum Gasteiger partial charge on any atom is -0.497 e. The van der Waals surface area contributed by atoms with Gasteiger partial charge in [-0.05, 0) is 43.9 Å². The molecule has 4 nitrogen and oxygen atoms in total. The van der Waals surface area contributed by atoms with Gasteiger partial charge in [-0.15, -0.1) is 0 Å². The van der Waals surface area contributed by atoms with Gasteiger partial charge in [0.2, 0.25) is 0 Å². The molecule has 0 spiro atoms. The van der Waals surface area contributed by atoms with E-state index < -0.39 is 6.10 Å². The van der Waals surface area contributed by atoms with Crippen LogP contribution in [0.25, 0.3) is 0 Å². The number of aliphatic hydroxyl groups excluding tert-OH is 1. The van der Waals surface area contributed by atoms with Crippen molar-refractivity contribution < 1.29 is 14.6 Å². The van der Waals surface area contributed by atoms with Crippen LogP contribution in [0, 0.1) is 5.92 Å². The molecule has 0 heterocycles. The molecule has 118 valence electrons. The van der Waals surface area contributed by atoms with Crippen LogP contribution in [0.3, 0.4) is 0 Å². The third-order valence-electron chi connectivity index (χ3n) is 4.54. The number of methoxy groups -OCH3 is 2. The van der Waals surface area contributed by atoms with E-state index in [0.717, 1.165) is 17.2 Å². The van der Waals surface area contributed by atoms with Gasteiger partial charge in [-0.2, -0.15) is 0 Å². The Morgan fingerprint density at radius 3 is 2.57 bits per heavy atom. The predicted molar refractivity (Wildman–Crippen MR) is 83.9 cm³/mol. The molecule has 2 atom stereocenters. The monoisotopic (exact) mass is 293 g/mol. The van der Waals surface area contributed by atoms with Crippen LogP contribution in [-0.4, -0.2) is 31.9 Å². The van der Waals surface area contributed by atoms with Crippen LogP contribution in [0.5, 0.6) is 11.5 Å². The number of hydrogen-bond acceptors (Lipinski definition) is 4. The van der Waals surface area contributed by atoms with Gasteiger partial charge in [0.15, 0.2) is 0 Å². The lowest BCUT2D eigenvalue weighted by atomic mass is 9.99. The molecule has 0 saturated heterocycles. The molecule has 4 heteroatoms. The fourth-order valence-corrected chi connectivity index (χ4v) is 3.13. The molecule has 1 fully saturated rings. The van der Waals surface area contributed by atoms with Gasteiger partial charge in [0.25, 0.3) is 0 Å². The van der Waals surface area contributed by atoms with Crippen molar-refractivity contribution in [2.75, 3.05) is 20.8 Å². The molecular formula is C17H27NO3. The van der Waals surface area contributed by atoms with E-state index in [1.807, 2.05) is 18.2 Å². The maximum Gasteiger partial charge on any atom is 0.124 e. The second-order valence-electron chi connectivity index (χ2n) is 5.87. The van der Waals surface area contributed by atoms with Crippen LogP contribution in [0.2, 0.25) is 0 Å². The molecule has 1 saturated carbocycles. The SMILES string of the molecule is COc1ccc(OC)c(C(O)CNC(C)C2CCCC2)c1. The Balaban J connectivity index is 1.97. The van der Waals surface area contributed by atoms with Gasteiger partial charge >= 0.3 is 0 Å². The summed E-state index contributed by atoms with van der Waals surface area (Å²) in [5.74, 6) is 2.16. The molecule has 1 aliphatic rings. The zero-order valence-corrected chi connectivity index (χ0v) is 13.3. The highest BCUT2D eigenvalue weighted by molar-refractivity contribution is 5.41. The summed E-state index contributed by atoms with van der Waals surface area (Å²) in [7, 11) is 3.24. The quantitative estimate of drug-likeness (QED) is 0.811. The maximum absolute atomic E-state index is 10.4. The van der Waals surface area contributed by atoms with E-state index in [-0.39, 0.29) is 0 Å². The Bertz CT molecular complexity index is 444. The highest BCUT2D eigenvalue weighted by atomic mass is 16.5. The third-order valence-corrected chi connectivity index (χ3v) is 4.54. The fourth-order valence-electron chi connectivity index (χ4n) is 3.13. The van der Waals surface area contributed by atoms with Gasteiger partial charge < -0.3 is 19.9 Å². The van der Waals surface area contributed by atoms with E-state index in [0.29, 0.717) is 18.3 Å². The summed E-state index contributed by atoms with van der Waals surface area (Å²) < 4.78 is 10.6. The lowest BCUT2D eigenvalue weighted by molar-refractivity contribution is 0.161. The molecule has 0 aliphatic heterocycles. The topological polar surface area (TPSA) is 50.7 Å². The first-order valence-electron chi connectivity index (χ1n) is 7.79. The predicted octanol–water partition coefficient (Wildman–Crippen LogP) is 2.91. The summed E-state index contributed by atoms with van der Waals surface area (Å²) in [6, 6.07) is 5.95. The number of ether oxygens (including phenoxy) is 2. The highest BCUT2D eigenvalue weighted by Crippen LogP contribution is 2.30. The molecular weight excluding hydrogens is 266 g/mol. The number of rotatable bonds is 7. The molecule has 2 unspecified atom stereocenters. The van der Waals surface area contributed by atoms with Crippen molar-refractivity contribution in [3.05, 3.63) is 23.8 Å². The summed E-state index contributed by atoms with van der Waals surface area (Å²) in [5.41, 5.74) is 0.767. The first-order chi connectivity index (χ1) is 10.2. The Labute approximate surface area is 127 Å². The van der Waals surface area contributed by atoms with Crippen LogP contribution in [-0.2, 0) is 0 Å². The van der Waals surface area contributed by atoms with E-state index in [4.69, 9.17) is 9.47 Å². The smallest absolute Gasteiger partial charge is 0.124 e. The Kier molecular flexibility index (Phi) is 5.88. The lowest BCUT2D eigenvalue weighted by Crippen LogP contribution is -2.35. The molecule has 0 radical (unpaired) electrons.